The van der Waals surface area contributed by atoms with Crippen molar-refractivity contribution in [3.63, 3.8) is 0 Å². The summed E-state index contributed by atoms with van der Waals surface area (Å²) in [4.78, 5) is 7.78. The Morgan fingerprint density at radius 2 is 1.67 bits per heavy atom. The van der Waals surface area contributed by atoms with Crippen molar-refractivity contribution < 1.29 is 4.39 Å². The number of anilines is 1. The SMILES string of the molecule is Fc1cccc(CNc2ccc(-c3cnc(-c4ccc(Cl)cc4)[nH]3)cc2)c1. The Hall–Kier alpha value is -3.11. The van der Waals surface area contributed by atoms with Gasteiger partial charge in [-0.05, 0) is 59.7 Å². The maximum atomic E-state index is 13.2. The van der Waals surface area contributed by atoms with Crippen LogP contribution in [0.2, 0.25) is 5.02 Å². The van der Waals surface area contributed by atoms with Crippen molar-refractivity contribution in [3.8, 4) is 22.6 Å². The van der Waals surface area contributed by atoms with Crippen molar-refractivity contribution in [1.29, 1.82) is 0 Å². The molecule has 3 aromatic carbocycles. The van der Waals surface area contributed by atoms with Gasteiger partial charge in [0.1, 0.15) is 11.6 Å². The van der Waals surface area contributed by atoms with Gasteiger partial charge in [-0.2, -0.15) is 0 Å². The lowest BCUT2D eigenvalue weighted by atomic mass is 10.1. The van der Waals surface area contributed by atoms with Gasteiger partial charge in [-0.15, -0.1) is 0 Å². The molecule has 1 heterocycles. The van der Waals surface area contributed by atoms with E-state index in [4.69, 9.17) is 11.6 Å². The van der Waals surface area contributed by atoms with Crippen LogP contribution in [0.4, 0.5) is 10.1 Å². The molecule has 4 aromatic rings. The Balaban J connectivity index is 1.45. The standard InChI is InChI=1S/C22H17ClFN3/c23-18-8-4-17(5-9-18)22-26-14-21(27-22)16-6-10-20(11-7-16)25-13-15-2-1-3-19(24)12-15/h1-12,14,25H,13H2,(H,26,27). The van der Waals surface area contributed by atoms with Gasteiger partial charge >= 0.3 is 0 Å². The Morgan fingerprint density at radius 3 is 2.41 bits per heavy atom. The highest BCUT2D eigenvalue weighted by atomic mass is 35.5. The minimum atomic E-state index is -0.222. The molecule has 0 atom stereocenters. The average Bonchev–Trinajstić information content (AvgIpc) is 3.18. The molecule has 0 spiro atoms. The van der Waals surface area contributed by atoms with E-state index >= 15 is 0 Å². The van der Waals surface area contributed by atoms with E-state index in [1.165, 1.54) is 12.1 Å². The molecule has 0 aliphatic heterocycles. The number of nitrogens with one attached hydrogen (secondary N) is 2. The highest BCUT2D eigenvalue weighted by molar-refractivity contribution is 6.30. The quantitative estimate of drug-likeness (QED) is 0.438. The first-order valence-electron chi connectivity index (χ1n) is 8.57. The fourth-order valence-electron chi connectivity index (χ4n) is 2.84. The summed E-state index contributed by atoms with van der Waals surface area (Å²) in [6.45, 7) is 0.571. The van der Waals surface area contributed by atoms with Gasteiger partial charge in [-0.1, -0.05) is 35.9 Å². The Morgan fingerprint density at radius 1 is 0.926 bits per heavy atom. The van der Waals surface area contributed by atoms with E-state index in [9.17, 15) is 4.39 Å². The van der Waals surface area contributed by atoms with Gasteiger partial charge in [0.15, 0.2) is 0 Å². The molecule has 4 rings (SSSR count). The van der Waals surface area contributed by atoms with Crippen LogP contribution < -0.4 is 5.32 Å². The number of nitrogens with zero attached hydrogens (tertiary/aromatic N) is 1. The second-order valence-electron chi connectivity index (χ2n) is 6.21. The molecule has 0 aliphatic rings. The highest BCUT2D eigenvalue weighted by Crippen LogP contribution is 2.24. The molecule has 5 heteroatoms. The van der Waals surface area contributed by atoms with Crippen molar-refractivity contribution in [2.24, 2.45) is 0 Å². The Bertz CT molecular complexity index is 1040. The van der Waals surface area contributed by atoms with Gasteiger partial charge in [0.05, 0.1) is 11.9 Å². The maximum absolute atomic E-state index is 13.2. The number of hydrogen-bond acceptors (Lipinski definition) is 2. The topological polar surface area (TPSA) is 40.7 Å². The molecule has 0 radical (unpaired) electrons. The number of halogens is 2. The van der Waals surface area contributed by atoms with Gasteiger partial charge < -0.3 is 10.3 Å². The van der Waals surface area contributed by atoms with E-state index in [2.05, 4.69) is 15.3 Å². The van der Waals surface area contributed by atoms with E-state index in [0.717, 1.165) is 33.9 Å². The number of benzene rings is 3. The van der Waals surface area contributed by atoms with Crippen LogP contribution >= 0.6 is 11.6 Å². The number of hydrogen-bond donors (Lipinski definition) is 2. The Kier molecular flexibility index (Phi) is 4.90. The van der Waals surface area contributed by atoms with E-state index in [-0.39, 0.29) is 5.82 Å². The van der Waals surface area contributed by atoms with Gasteiger partial charge in [-0.3, -0.25) is 0 Å². The van der Waals surface area contributed by atoms with E-state index in [1.807, 2.05) is 60.8 Å². The molecule has 0 aliphatic carbocycles. The number of aromatic amines is 1. The molecular formula is C22H17ClFN3. The number of rotatable bonds is 5. The zero-order chi connectivity index (χ0) is 18.6. The van der Waals surface area contributed by atoms with Crippen LogP contribution in [0, 0.1) is 5.82 Å². The third-order valence-corrected chi connectivity index (χ3v) is 4.53. The minimum Gasteiger partial charge on any atom is -0.381 e. The predicted molar refractivity (Wildman–Crippen MR) is 108 cm³/mol. The molecule has 0 saturated heterocycles. The van der Waals surface area contributed by atoms with E-state index in [0.29, 0.717) is 11.6 Å². The van der Waals surface area contributed by atoms with Crippen molar-refractivity contribution in [3.05, 3.63) is 95.4 Å². The summed E-state index contributed by atoms with van der Waals surface area (Å²) in [5.74, 6) is 0.579. The van der Waals surface area contributed by atoms with Gasteiger partial charge in [0, 0.05) is 22.8 Å². The van der Waals surface area contributed by atoms with Crippen LogP contribution in [0.25, 0.3) is 22.6 Å². The smallest absolute Gasteiger partial charge is 0.137 e. The number of aromatic nitrogens is 2. The van der Waals surface area contributed by atoms with Crippen molar-refractivity contribution >= 4 is 17.3 Å². The number of H-pyrrole nitrogens is 1. The second kappa shape index (κ2) is 7.64. The van der Waals surface area contributed by atoms with Crippen molar-refractivity contribution in [2.75, 3.05) is 5.32 Å². The zero-order valence-electron chi connectivity index (χ0n) is 14.4. The van der Waals surface area contributed by atoms with Crippen LogP contribution in [0.1, 0.15) is 5.56 Å². The third kappa shape index (κ3) is 4.18. The Labute approximate surface area is 161 Å². The maximum Gasteiger partial charge on any atom is 0.137 e. The first-order valence-corrected chi connectivity index (χ1v) is 8.95. The lowest BCUT2D eigenvalue weighted by Crippen LogP contribution is -1.99. The molecule has 0 fully saturated rings. The van der Waals surface area contributed by atoms with Crippen LogP contribution in [-0.2, 0) is 6.54 Å². The fourth-order valence-corrected chi connectivity index (χ4v) is 2.97. The summed E-state index contributed by atoms with van der Waals surface area (Å²) < 4.78 is 13.2. The summed E-state index contributed by atoms with van der Waals surface area (Å²) in [5, 5.41) is 4.00. The van der Waals surface area contributed by atoms with Crippen LogP contribution in [0.5, 0.6) is 0 Å². The monoisotopic (exact) mass is 377 g/mol. The lowest BCUT2D eigenvalue weighted by Gasteiger charge is -2.07. The van der Waals surface area contributed by atoms with Gasteiger partial charge in [-0.25, -0.2) is 9.37 Å². The van der Waals surface area contributed by atoms with E-state index < -0.39 is 0 Å². The number of imidazole rings is 1. The highest BCUT2D eigenvalue weighted by Gasteiger charge is 2.06. The molecule has 0 saturated carbocycles. The lowest BCUT2D eigenvalue weighted by molar-refractivity contribution is 0.626. The minimum absolute atomic E-state index is 0.222. The van der Waals surface area contributed by atoms with Gasteiger partial charge in [0.25, 0.3) is 0 Å². The zero-order valence-corrected chi connectivity index (χ0v) is 15.2. The van der Waals surface area contributed by atoms with Crippen LogP contribution in [-0.4, -0.2) is 9.97 Å². The second-order valence-corrected chi connectivity index (χ2v) is 6.65. The molecule has 134 valence electrons. The summed E-state index contributed by atoms with van der Waals surface area (Å²) >= 11 is 5.93. The first kappa shape index (κ1) is 17.3. The average molecular weight is 378 g/mol. The van der Waals surface area contributed by atoms with Crippen LogP contribution in [0.3, 0.4) is 0 Å². The molecule has 0 unspecified atom stereocenters. The molecule has 0 bridgehead atoms. The molecule has 0 amide bonds. The summed E-state index contributed by atoms with van der Waals surface area (Å²) in [6, 6.07) is 22.2. The molecule has 27 heavy (non-hydrogen) atoms. The van der Waals surface area contributed by atoms with E-state index in [1.54, 1.807) is 6.07 Å². The predicted octanol–water partition coefficient (Wildman–Crippen LogP) is 6.15. The molecule has 2 N–H and O–H groups in total. The summed E-state index contributed by atoms with van der Waals surface area (Å²) in [6.07, 6.45) is 1.82. The first-order chi connectivity index (χ1) is 13.2. The fraction of sp³-hybridized carbons (Fsp3) is 0.0455. The molecule has 1 aromatic heterocycles. The van der Waals surface area contributed by atoms with Crippen molar-refractivity contribution in [2.45, 2.75) is 6.54 Å². The third-order valence-electron chi connectivity index (χ3n) is 4.28. The normalized spacial score (nSPS) is 10.7. The summed E-state index contributed by atoms with van der Waals surface area (Å²) in [5.41, 5.74) is 4.84. The largest absolute Gasteiger partial charge is 0.381 e. The van der Waals surface area contributed by atoms with Crippen molar-refractivity contribution in [1.82, 2.24) is 9.97 Å². The summed E-state index contributed by atoms with van der Waals surface area (Å²) in [7, 11) is 0. The van der Waals surface area contributed by atoms with Crippen LogP contribution in [0.15, 0.2) is 79.0 Å². The molecular weight excluding hydrogens is 361 g/mol. The molecule has 3 nitrogen and oxygen atoms in total. The van der Waals surface area contributed by atoms with Gasteiger partial charge in [0.2, 0.25) is 0 Å².